The van der Waals surface area contributed by atoms with Crippen molar-refractivity contribution in [3.8, 4) is 0 Å². The van der Waals surface area contributed by atoms with Gasteiger partial charge in [-0.05, 0) is 24.8 Å². The van der Waals surface area contributed by atoms with E-state index in [0.717, 1.165) is 0 Å². The van der Waals surface area contributed by atoms with Crippen molar-refractivity contribution in [1.82, 2.24) is 16.0 Å². The summed E-state index contributed by atoms with van der Waals surface area (Å²) >= 11 is 0. The summed E-state index contributed by atoms with van der Waals surface area (Å²) in [6.45, 7) is 4.91. The molecule has 1 rings (SSSR count). The molecule has 0 bridgehead atoms. The first-order valence-corrected chi connectivity index (χ1v) is 11.7. The molecule has 0 aliphatic heterocycles. The van der Waals surface area contributed by atoms with Gasteiger partial charge in [0.1, 0.15) is 18.1 Å². The Morgan fingerprint density at radius 1 is 0.889 bits per heavy atom. The van der Waals surface area contributed by atoms with Crippen LogP contribution in [0.15, 0.2) is 30.3 Å². The maximum Gasteiger partial charge on any atom is 0.326 e. The average Bonchev–Trinajstić information content (AvgIpc) is 2.83. The zero-order valence-corrected chi connectivity index (χ0v) is 20.6. The molecular weight excluding hydrogens is 472 g/mol. The lowest BCUT2D eigenvalue weighted by Crippen LogP contribution is -2.60. The molecule has 8 N–H and O–H groups in total. The van der Waals surface area contributed by atoms with E-state index < -0.39 is 66.4 Å². The van der Waals surface area contributed by atoms with E-state index in [2.05, 4.69) is 16.0 Å². The number of carboxylic acid groups (broad SMARTS) is 2. The number of carbonyl (C=O) groups is 5. The fraction of sp³-hybridized carbons (Fsp3) is 0.542. The van der Waals surface area contributed by atoms with Crippen molar-refractivity contribution < 1.29 is 39.3 Å². The number of hydrogen-bond acceptors (Lipinski definition) is 7. The minimum atomic E-state index is -1.50. The molecule has 0 fully saturated rings. The summed E-state index contributed by atoms with van der Waals surface area (Å²) in [6.07, 6.45) is -1.59. The summed E-state index contributed by atoms with van der Waals surface area (Å²) < 4.78 is 0. The number of carboxylic acids is 2. The summed E-state index contributed by atoms with van der Waals surface area (Å²) in [5, 5.41) is 35.5. The van der Waals surface area contributed by atoms with Crippen molar-refractivity contribution in [2.75, 3.05) is 0 Å². The van der Waals surface area contributed by atoms with Crippen molar-refractivity contribution in [2.45, 2.75) is 76.7 Å². The predicted octanol–water partition coefficient (Wildman–Crippen LogP) is -0.613. The maximum absolute atomic E-state index is 13.0. The number of nitrogens with one attached hydrogen (secondary N) is 3. The monoisotopic (exact) mass is 508 g/mol. The van der Waals surface area contributed by atoms with Gasteiger partial charge in [0, 0.05) is 12.8 Å². The van der Waals surface area contributed by atoms with Gasteiger partial charge in [0.05, 0.1) is 12.1 Å². The molecular formula is C24H36N4O8. The van der Waals surface area contributed by atoms with E-state index in [-0.39, 0.29) is 18.8 Å². The molecule has 12 nitrogen and oxygen atoms in total. The largest absolute Gasteiger partial charge is 0.481 e. The van der Waals surface area contributed by atoms with Crippen molar-refractivity contribution in [3.05, 3.63) is 35.9 Å². The number of aliphatic carboxylic acids is 2. The van der Waals surface area contributed by atoms with Gasteiger partial charge in [-0.2, -0.15) is 0 Å². The molecule has 0 saturated heterocycles. The van der Waals surface area contributed by atoms with E-state index in [1.807, 2.05) is 6.92 Å². The first kappa shape index (κ1) is 30.5. The van der Waals surface area contributed by atoms with Gasteiger partial charge in [-0.25, -0.2) is 4.79 Å². The van der Waals surface area contributed by atoms with Gasteiger partial charge in [-0.15, -0.1) is 0 Å². The second kappa shape index (κ2) is 14.8. The molecule has 12 heteroatoms. The minimum absolute atomic E-state index is 0.0312. The van der Waals surface area contributed by atoms with Gasteiger partial charge in [0.25, 0.3) is 0 Å². The quantitative estimate of drug-likeness (QED) is 0.161. The normalized spacial score (nSPS) is 15.9. The molecule has 200 valence electrons. The van der Waals surface area contributed by atoms with E-state index in [9.17, 15) is 34.2 Å². The van der Waals surface area contributed by atoms with Gasteiger partial charge in [-0.1, -0.05) is 50.6 Å². The van der Waals surface area contributed by atoms with E-state index >= 15 is 0 Å². The molecule has 0 aliphatic carbocycles. The molecule has 1 aromatic carbocycles. The summed E-state index contributed by atoms with van der Waals surface area (Å²) in [5.41, 5.74) is 6.56. The highest BCUT2D eigenvalue weighted by atomic mass is 16.4. The number of hydrogen-bond donors (Lipinski definition) is 7. The molecule has 36 heavy (non-hydrogen) atoms. The van der Waals surface area contributed by atoms with Gasteiger partial charge in [-0.3, -0.25) is 19.2 Å². The molecule has 0 spiro atoms. The van der Waals surface area contributed by atoms with E-state index in [1.54, 1.807) is 37.3 Å². The standard InChI is InChI=1S/C24H36N4O8/c1-4-13(2)19(25)22(33)28-20(14(3)29)23(34)27-17(12-15-8-6-5-7-9-15)21(32)26-16(24(35)36)10-11-18(30)31/h5-9,13-14,16-17,19-20,29H,4,10-12,25H2,1-3H3,(H,26,32)(H,27,34)(H,28,33)(H,30,31)(H,35,36). The van der Waals surface area contributed by atoms with Crippen molar-refractivity contribution >= 4 is 29.7 Å². The van der Waals surface area contributed by atoms with Gasteiger partial charge in [0.15, 0.2) is 0 Å². The molecule has 0 aromatic heterocycles. The lowest BCUT2D eigenvalue weighted by atomic mass is 9.98. The van der Waals surface area contributed by atoms with Crippen LogP contribution in [0.25, 0.3) is 0 Å². The van der Waals surface area contributed by atoms with Crippen LogP contribution < -0.4 is 21.7 Å². The van der Waals surface area contributed by atoms with Crippen LogP contribution in [0.1, 0.15) is 45.6 Å². The zero-order valence-electron chi connectivity index (χ0n) is 20.6. The average molecular weight is 509 g/mol. The van der Waals surface area contributed by atoms with Gasteiger partial charge >= 0.3 is 11.9 Å². The lowest BCUT2D eigenvalue weighted by molar-refractivity contribution is -0.143. The van der Waals surface area contributed by atoms with Crippen LogP contribution in [-0.4, -0.2) is 75.3 Å². The highest BCUT2D eigenvalue weighted by Gasteiger charge is 2.33. The van der Waals surface area contributed by atoms with Crippen molar-refractivity contribution in [3.63, 3.8) is 0 Å². The lowest BCUT2D eigenvalue weighted by Gasteiger charge is -2.27. The van der Waals surface area contributed by atoms with Crippen molar-refractivity contribution in [2.24, 2.45) is 11.7 Å². The smallest absolute Gasteiger partial charge is 0.326 e. The topological polar surface area (TPSA) is 208 Å². The molecule has 0 radical (unpaired) electrons. The van der Waals surface area contributed by atoms with Crippen LogP contribution in [0, 0.1) is 5.92 Å². The van der Waals surface area contributed by atoms with Gasteiger partial charge in [0.2, 0.25) is 17.7 Å². The summed E-state index contributed by atoms with van der Waals surface area (Å²) in [6, 6.07) is 3.46. The number of aliphatic hydroxyl groups excluding tert-OH is 1. The molecule has 6 unspecified atom stereocenters. The Balaban J connectivity index is 3.10. The third-order valence-corrected chi connectivity index (χ3v) is 5.80. The van der Waals surface area contributed by atoms with Crippen molar-refractivity contribution in [1.29, 1.82) is 0 Å². The second-order valence-corrected chi connectivity index (χ2v) is 8.72. The van der Waals surface area contributed by atoms with Crippen LogP contribution in [0.2, 0.25) is 0 Å². The van der Waals surface area contributed by atoms with Crippen LogP contribution in [0.5, 0.6) is 0 Å². The third-order valence-electron chi connectivity index (χ3n) is 5.80. The number of rotatable bonds is 15. The minimum Gasteiger partial charge on any atom is -0.481 e. The summed E-state index contributed by atoms with van der Waals surface area (Å²) in [4.78, 5) is 60.9. The summed E-state index contributed by atoms with van der Waals surface area (Å²) in [5.74, 6) is -5.22. The number of carbonyl (C=O) groups excluding carboxylic acids is 3. The van der Waals surface area contributed by atoms with Crippen LogP contribution in [0.3, 0.4) is 0 Å². The van der Waals surface area contributed by atoms with Crippen LogP contribution >= 0.6 is 0 Å². The Morgan fingerprint density at radius 2 is 1.47 bits per heavy atom. The van der Waals surface area contributed by atoms with Crippen LogP contribution in [0.4, 0.5) is 0 Å². The molecule has 0 heterocycles. The molecule has 1 aromatic rings. The van der Waals surface area contributed by atoms with E-state index in [4.69, 9.17) is 10.8 Å². The Hall–Kier alpha value is -3.51. The van der Waals surface area contributed by atoms with E-state index in [0.29, 0.717) is 12.0 Å². The molecule has 6 atom stereocenters. The zero-order chi connectivity index (χ0) is 27.4. The molecule has 3 amide bonds. The highest BCUT2D eigenvalue weighted by Crippen LogP contribution is 2.08. The Bertz CT molecular complexity index is 909. The Kier molecular flexibility index (Phi) is 12.5. The second-order valence-electron chi connectivity index (χ2n) is 8.72. The van der Waals surface area contributed by atoms with Crippen LogP contribution in [-0.2, 0) is 30.4 Å². The molecule has 0 saturated carbocycles. The first-order chi connectivity index (χ1) is 16.9. The fourth-order valence-corrected chi connectivity index (χ4v) is 3.29. The number of aliphatic hydroxyl groups is 1. The first-order valence-electron chi connectivity index (χ1n) is 11.7. The predicted molar refractivity (Wildman–Crippen MR) is 130 cm³/mol. The van der Waals surface area contributed by atoms with E-state index in [1.165, 1.54) is 6.92 Å². The number of amides is 3. The number of nitrogens with two attached hydrogens (primary N) is 1. The maximum atomic E-state index is 13.0. The molecule has 0 aliphatic rings. The Labute approximate surface area is 209 Å². The number of benzene rings is 1. The summed E-state index contributed by atoms with van der Waals surface area (Å²) in [7, 11) is 0. The fourth-order valence-electron chi connectivity index (χ4n) is 3.29. The SMILES string of the molecule is CCC(C)C(N)C(=O)NC(C(=O)NC(Cc1ccccc1)C(=O)NC(CCC(=O)O)C(=O)O)C(C)O. The third kappa shape index (κ3) is 10.0. The Morgan fingerprint density at radius 3 is 1.97 bits per heavy atom. The highest BCUT2D eigenvalue weighted by molar-refractivity contribution is 5.94. The van der Waals surface area contributed by atoms with Gasteiger partial charge < -0.3 is 37.0 Å².